The lowest BCUT2D eigenvalue weighted by Gasteiger charge is -2.16. The summed E-state index contributed by atoms with van der Waals surface area (Å²) in [6.45, 7) is 2.49. The summed E-state index contributed by atoms with van der Waals surface area (Å²) in [5, 5.41) is 0. The first-order valence-corrected chi connectivity index (χ1v) is 9.22. The first-order valence-electron chi connectivity index (χ1n) is 7.74. The van der Waals surface area contributed by atoms with Gasteiger partial charge in [-0.25, -0.2) is 21.9 Å². The highest BCUT2D eigenvalue weighted by Gasteiger charge is 2.22. The number of fused-ring (bicyclic) bond motifs is 1. The quantitative estimate of drug-likeness (QED) is 0.899. The van der Waals surface area contributed by atoms with E-state index >= 15 is 0 Å². The van der Waals surface area contributed by atoms with E-state index in [2.05, 4.69) is 4.72 Å². The van der Waals surface area contributed by atoms with E-state index in [0.29, 0.717) is 36.7 Å². The van der Waals surface area contributed by atoms with Gasteiger partial charge in [-0.3, -0.25) is 0 Å². The van der Waals surface area contributed by atoms with Gasteiger partial charge in [0, 0.05) is 18.5 Å². The van der Waals surface area contributed by atoms with Crippen LogP contribution in [-0.2, 0) is 10.0 Å². The Kier molecular flexibility index (Phi) is 4.91. The van der Waals surface area contributed by atoms with Gasteiger partial charge in [0.1, 0.15) is 0 Å². The van der Waals surface area contributed by atoms with Gasteiger partial charge in [0.2, 0.25) is 10.0 Å². The van der Waals surface area contributed by atoms with Gasteiger partial charge in [0.25, 0.3) is 0 Å². The van der Waals surface area contributed by atoms with E-state index in [9.17, 15) is 17.2 Å². The molecule has 0 amide bonds. The van der Waals surface area contributed by atoms with E-state index < -0.39 is 27.7 Å². The van der Waals surface area contributed by atoms with Crippen molar-refractivity contribution in [1.29, 1.82) is 0 Å². The maximum Gasteiger partial charge on any atom is 0.241 e. The third-order valence-corrected chi connectivity index (χ3v) is 5.34. The van der Waals surface area contributed by atoms with Gasteiger partial charge in [-0.05, 0) is 36.8 Å². The molecule has 134 valence electrons. The summed E-state index contributed by atoms with van der Waals surface area (Å²) in [4.78, 5) is 0.00573. The third-order valence-electron chi connectivity index (χ3n) is 3.80. The number of nitrogens with one attached hydrogen (secondary N) is 1. The molecule has 1 N–H and O–H groups in total. The average molecular weight is 369 g/mol. The minimum absolute atomic E-state index is 0.00573. The van der Waals surface area contributed by atoms with Crippen LogP contribution >= 0.6 is 0 Å². The van der Waals surface area contributed by atoms with E-state index in [1.807, 2.05) is 0 Å². The molecule has 1 aliphatic rings. The summed E-state index contributed by atoms with van der Waals surface area (Å²) in [6, 6.07) is 6.86. The van der Waals surface area contributed by atoms with Crippen molar-refractivity contribution in [3.8, 4) is 11.5 Å². The molecular formula is C17H17F2NO4S. The fraction of sp³-hybridized carbons (Fsp3) is 0.294. The molecule has 25 heavy (non-hydrogen) atoms. The number of sulfonamides is 1. The molecule has 2 aromatic rings. The second kappa shape index (κ2) is 6.97. The van der Waals surface area contributed by atoms with Crippen molar-refractivity contribution in [2.24, 2.45) is 0 Å². The third kappa shape index (κ3) is 3.91. The van der Waals surface area contributed by atoms with Gasteiger partial charge in [0.15, 0.2) is 23.1 Å². The van der Waals surface area contributed by atoms with Crippen LogP contribution in [-0.4, -0.2) is 21.6 Å². The molecule has 0 saturated carbocycles. The smallest absolute Gasteiger partial charge is 0.241 e. The fourth-order valence-corrected chi connectivity index (χ4v) is 3.71. The maximum atomic E-state index is 13.3. The lowest BCUT2D eigenvalue weighted by atomic mass is 10.1. The number of hydrogen-bond acceptors (Lipinski definition) is 4. The second-order valence-electron chi connectivity index (χ2n) is 5.68. The molecule has 0 spiro atoms. The molecule has 0 aromatic heterocycles. The van der Waals surface area contributed by atoms with Crippen LogP contribution in [0.3, 0.4) is 0 Å². The van der Waals surface area contributed by atoms with Crippen molar-refractivity contribution in [2.75, 3.05) is 13.2 Å². The largest absolute Gasteiger partial charge is 0.490 e. The summed E-state index contributed by atoms with van der Waals surface area (Å²) in [5.41, 5.74) is 0.316. The lowest BCUT2D eigenvalue weighted by molar-refractivity contribution is 0.297. The summed E-state index contributed by atoms with van der Waals surface area (Å²) >= 11 is 0. The minimum atomic E-state index is -3.88. The van der Waals surface area contributed by atoms with Crippen LogP contribution < -0.4 is 14.2 Å². The SMILES string of the molecule is CC(NS(=O)(=O)c1ccc2c(c1)OCCCO2)c1ccc(F)c(F)c1. The fourth-order valence-electron chi connectivity index (χ4n) is 2.46. The Hall–Kier alpha value is -2.19. The molecule has 1 atom stereocenters. The normalized spacial score (nSPS) is 15.5. The van der Waals surface area contributed by atoms with Crippen molar-refractivity contribution in [3.05, 3.63) is 53.6 Å². The average Bonchev–Trinajstić information content (AvgIpc) is 2.81. The zero-order valence-electron chi connectivity index (χ0n) is 13.5. The summed E-state index contributed by atoms with van der Waals surface area (Å²) < 4.78 is 64.9. The van der Waals surface area contributed by atoms with Crippen LogP contribution in [0.1, 0.15) is 24.9 Å². The van der Waals surface area contributed by atoms with Crippen molar-refractivity contribution in [2.45, 2.75) is 24.3 Å². The van der Waals surface area contributed by atoms with Gasteiger partial charge < -0.3 is 9.47 Å². The number of halogens is 2. The zero-order chi connectivity index (χ0) is 18.0. The molecule has 2 aromatic carbocycles. The van der Waals surface area contributed by atoms with Gasteiger partial charge in [-0.1, -0.05) is 6.07 Å². The molecule has 0 radical (unpaired) electrons. The van der Waals surface area contributed by atoms with Crippen LogP contribution in [0.25, 0.3) is 0 Å². The van der Waals surface area contributed by atoms with Crippen LogP contribution in [0.5, 0.6) is 11.5 Å². The highest BCUT2D eigenvalue weighted by molar-refractivity contribution is 7.89. The second-order valence-corrected chi connectivity index (χ2v) is 7.39. The van der Waals surface area contributed by atoms with Gasteiger partial charge >= 0.3 is 0 Å². The van der Waals surface area contributed by atoms with Crippen LogP contribution in [0, 0.1) is 11.6 Å². The monoisotopic (exact) mass is 369 g/mol. The first-order chi connectivity index (χ1) is 11.9. The minimum Gasteiger partial charge on any atom is -0.490 e. The molecule has 8 heteroatoms. The Balaban J connectivity index is 1.83. The van der Waals surface area contributed by atoms with E-state index in [0.717, 1.165) is 12.1 Å². The summed E-state index contributed by atoms with van der Waals surface area (Å²) in [6.07, 6.45) is 0.710. The predicted octanol–water partition coefficient (Wildman–Crippen LogP) is 3.17. The Bertz CT molecular complexity index is 886. The highest BCUT2D eigenvalue weighted by atomic mass is 32.2. The summed E-state index contributed by atoms with van der Waals surface area (Å²) in [5.74, 6) is -1.16. The van der Waals surface area contributed by atoms with E-state index in [4.69, 9.17) is 9.47 Å². The first kappa shape index (κ1) is 17.6. The number of benzene rings is 2. The molecule has 0 bridgehead atoms. The van der Waals surface area contributed by atoms with Gasteiger partial charge in [0.05, 0.1) is 18.1 Å². The Morgan fingerprint density at radius 1 is 1.00 bits per heavy atom. The number of ether oxygens (including phenoxy) is 2. The molecular weight excluding hydrogens is 352 g/mol. The van der Waals surface area contributed by atoms with Crippen molar-refractivity contribution in [3.63, 3.8) is 0 Å². The molecule has 1 aliphatic heterocycles. The van der Waals surface area contributed by atoms with Crippen LogP contribution in [0.2, 0.25) is 0 Å². The number of hydrogen-bond donors (Lipinski definition) is 1. The molecule has 1 heterocycles. The molecule has 5 nitrogen and oxygen atoms in total. The zero-order valence-corrected chi connectivity index (χ0v) is 14.3. The van der Waals surface area contributed by atoms with E-state index in [1.54, 1.807) is 6.92 Å². The molecule has 1 unspecified atom stereocenters. The van der Waals surface area contributed by atoms with Crippen LogP contribution in [0.4, 0.5) is 8.78 Å². The van der Waals surface area contributed by atoms with Gasteiger partial charge in [-0.2, -0.15) is 0 Å². The Morgan fingerprint density at radius 2 is 1.72 bits per heavy atom. The molecule has 0 aliphatic carbocycles. The molecule has 3 rings (SSSR count). The van der Waals surface area contributed by atoms with E-state index in [-0.39, 0.29) is 4.90 Å². The molecule has 0 fully saturated rings. The summed E-state index contributed by atoms with van der Waals surface area (Å²) in [7, 11) is -3.88. The van der Waals surface area contributed by atoms with Crippen molar-refractivity contribution < 1.29 is 26.7 Å². The molecule has 0 saturated heterocycles. The Morgan fingerprint density at radius 3 is 2.44 bits per heavy atom. The van der Waals surface area contributed by atoms with Crippen molar-refractivity contribution >= 4 is 10.0 Å². The van der Waals surface area contributed by atoms with Gasteiger partial charge in [-0.15, -0.1) is 0 Å². The van der Waals surface area contributed by atoms with E-state index in [1.165, 1.54) is 24.3 Å². The lowest BCUT2D eigenvalue weighted by Crippen LogP contribution is -2.27. The Labute approximate surface area is 144 Å². The topological polar surface area (TPSA) is 64.6 Å². The highest BCUT2D eigenvalue weighted by Crippen LogP contribution is 2.32. The van der Waals surface area contributed by atoms with Crippen molar-refractivity contribution in [1.82, 2.24) is 4.72 Å². The van der Waals surface area contributed by atoms with Crippen LogP contribution in [0.15, 0.2) is 41.3 Å². The standard InChI is InChI=1S/C17H17F2NO4S/c1-11(12-3-5-14(18)15(19)9-12)20-25(21,22)13-4-6-16-17(10-13)24-8-2-7-23-16/h3-6,9-11,20H,2,7-8H2,1H3. The predicted molar refractivity (Wildman–Crippen MR) is 87.1 cm³/mol. The maximum absolute atomic E-state index is 13.3. The number of rotatable bonds is 4.